The van der Waals surface area contributed by atoms with E-state index in [2.05, 4.69) is 34.6 Å². The van der Waals surface area contributed by atoms with Crippen molar-refractivity contribution in [1.29, 1.82) is 0 Å². The van der Waals surface area contributed by atoms with Crippen LogP contribution in [0.25, 0.3) is 0 Å². The van der Waals surface area contributed by atoms with Crippen molar-refractivity contribution in [1.82, 2.24) is 0 Å². The maximum Gasteiger partial charge on any atom is 0.472 e. The highest BCUT2D eigenvalue weighted by Gasteiger charge is 2.30. The molecule has 0 heterocycles. The summed E-state index contributed by atoms with van der Waals surface area (Å²) in [4.78, 5) is 73.2. The number of unbranched alkanes of at least 4 members (excludes halogenated alkanes) is 58. The predicted molar refractivity (Wildman–Crippen MR) is 437 cm³/mol. The van der Waals surface area contributed by atoms with E-state index in [1.165, 1.54) is 289 Å². The highest BCUT2D eigenvalue weighted by Crippen LogP contribution is 2.45. The molecule has 0 aliphatic heterocycles. The van der Waals surface area contributed by atoms with Crippen LogP contribution in [0.1, 0.15) is 471 Å². The molecule has 3 unspecified atom stereocenters. The summed E-state index contributed by atoms with van der Waals surface area (Å²) in [5, 5.41) is 10.7. The van der Waals surface area contributed by atoms with Crippen LogP contribution in [0.15, 0.2) is 0 Å². The molecule has 0 saturated heterocycles. The number of carbonyl (C=O) groups excluding carboxylic acids is 4. The van der Waals surface area contributed by atoms with Gasteiger partial charge in [-0.05, 0) is 31.6 Å². The molecule has 0 fully saturated rings. The molecule has 6 atom stereocenters. The largest absolute Gasteiger partial charge is 0.472 e. The monoisotopic (exact) mass is 1550 g/mol. The molecule has 0 aromatic heterocycles. The van der Waals surface area contributed by atoms with E-state index < -0.39 is 97.5 Å². The van der Waals surface area contributed by atoms with Crippen LogP contribution in [0.2, 0.25) is 0 Å². The van der Waals surface area contributed by atoms with Crippen LogP contribution in [-0.2, 0) is 65.4 Å². The summed E-state index contributed by atoms with van der Waals surface area (Å²) in [7, 11) is -9.93. The third-order valence-electron chi connectivity index (χ3n) is 20.9. The lowest BCUT2D eigenvalue weighted by atomic mass is 10.00. The summed E-state index contributed by atoms with van der Waals surface area (Å²) in [6, 6.07) is 0. The molecule has 0 aromatic rings. The molecular weight excluding hydrogens is 1380 g/mol. The van der Waals surface area contributed by atoms with E-state index in [4.69, 9.17) is 37.0 Å². The number of hydrogen-bond donors (Lipinski definition) is 3. The Kier molecular flexibility index (Phi) is 78.2. The highest BCUT2D eigenvalue weighted by atomic mass is 31.2. The van der Waals surface area contributed by atoms with E-state index >= 15 is 0 Å². The third kappa shape index (κ3) is 78.7. The lowest BCUT2D eigenvalue weighted by molar-refractivity contribution is -0.161. The Bertz CT molecular complexity index is 2020. The van der Waals surface area contributed by atoms with Crippen LogP contribution in [0.5, 0.6) is 0 Å². The van der Waals surface area contributed by atoms with E-state index in [9.17, 15) is 43.2 Å². The molecule has 0 aromatic carbocycles. The van der Waals surface area contributed by atoms with Crippen LogP contribution in [0.3, 0.4) is 0 Å². The second kappa shape index (κ2) is 79.7. The van der Waals surface area contributed by atoms with Crippen LogP contribution in [0.4, 0.5) is 0 Å². The number of ether oxygens (including phenoxy) is 4. The molecular formula is C87H170O17P2. The summed E-state index contributed by atoms with van der Waals surface area (Å²) in [6.45, 7) is 7.33. The van der Waals surface area contributed by atoms with Gasteiger partial charge in [0.25, 0.3) is 0 Å². The zero-order valence-electron chi connectivity index (χ0n) is 69.6. The molecule has 19 heteroatoms. The minimum Gasteiger partial charge on any atom is -0.462 e. The van der Waals surface area contributed by atoms with Gasteiger partial charge in [-0.3, -0.25) is 37.3 Å². The van der Waals surface area contributed by atoms with Crippen molar-refractivity contribution >= 4 is 39.5 Å². The van der Waals surface area contributed by atoms with Gasteiger partial charge in [-0.15, -0.1) is 0 Å². The zero-order valence-corrected chi connectivity index (χ0v) is 71.4. The van der Waals surface area contributed by atoms with E-state index in [0.29, 0.717) is 25.7 Å². The summed E-state index contributed by atoms with van der Waals surface area (Å²) in [5.41, 5.74) is 0. The van der Waals surface area contributed by atoms with E-state index in [-0.39, 0.29) is 25.7 Å². The quantitative estimate of drug-likeness (QED) is 0.0222. The summed E-state index contributed by atoms with van der Waals surface area (Å²) in [5.74, 6) is -1.37. The lowest BCUT2D eigenvalue weighted by Crippen LogP contribution is -2.30. The fraction of sp³-hybridized carbons (Fsp3) is 0.954. The normalized spacial score (nSPS) is 14.0. The average Bonchev–Trinajstić information content (AvgIpc) is 0.940. The third-order valence-corrected chi connectivity index (χ3v) is 22.8. The Morgan fingerprint density at radius 3 is 0.670 bits per heavy atom. The standard InChI is InChI=1S/C87H170O17P2/c1-6-10-13-16-19-22-25-28-31-34-36-37-39-41-44-47-50-53-56-63-68-72-86(91)103-82(76-97-84(89)70-65-60-54-51-48-45-43-40-38-35-32-29-26-23-20-17-14-11-7-2)78-101-105(93,94)99-74-81(88)75-100-106(95,96)102-79-83(77-98-85(90)71-66-61-58-57-59-64-69-80(5)9-4)104-87(92)73-67-62-55-52-49-46-42-33-30-27-24-21-18-15-12-8-3/h80-83,88H,6-79H2,1-5H3,(H,93,94)(H,95,96)/t80?,81-,82-,83-/m1/s1. The number of aliphatic hydroxyl groups is 1. The number of phosphoric ester groups is 2. The molecule has 0 bridgehead atoms. The summed E-state index contributed by atoms with van der Waals surface area (Å²) >= 11 is 0. The molecule has 0 rings (SSSR count). The first-order chi connectivity index (χ1) is 51.6. The molecule has 0 spiro atoms. The van der Waals surface area contributed by atoms with Gasteiger partial charge in [-0.1, -0.05) is 420 Å². The van der Waals surface area contributed by atoms with Crippen molar-refractivity contribution < 1.29 is 80.2 Å². The fourth-order valence-electron chi connectivity index (χ4n) is 13.6. The molecule has 106 heavy (non-hydrogen) atoms. The molecule has 630 valence electrons. The van der Waals surface area contributed by atoms with Gasteiger partial charge in [0.15, 0.2) is 12.2 Å². The van der Waals surface area contributed by atoms with Crippen molar-refractivity contribution in [3.63, 3.8) is 0 Å². The smallest absolute Gasteiger partial charge is 0.462 e. The molecule has 0 saturated carbocycles. The maximum atomic E-state index is 13.2. The van der Waals surface area contributed by atoms with E-state index in [1.807, 2.05) is 0 Å². The van der Waals surface area contributed by atoms with Crippen molar-refractivity contribution in [2.24, 2.45) is 5.92 Å². The number of rotatable bonds is 87. The molecule has 0 amide bonds. The summed E-state index contributed by atoms with van der Waals surface area (Å²) in [6.07, 6.45) is 73.7. The van der Waals surface area contributed by atoms with Crippen LogP contribution >= 0.6 is 15.6 Å². The van der Waals surface area contributed by atoms with Crippen LogP contribution in [-0.4, -0.2) is 96.7 Å². The second-order valence-electron chi connectivity index (χ2n) is 31.5. The number of carbonyl (C=O) groups is 4. The average molecular weight is 1550 g/mol. The van der Waals surface area contributed by atoms with E-state index in [1.54, 1.807) is 0 Å². The first kappa shape index (κ1) is 104. The minimum absolute atomic E-state index is 0.108. The molecule has 0 aliphatic carbocycles. The Morgan fingerprint density at radius 2 is 0.453 bits per heavy atom. The lowest BCUT2D eigenvalue weighted by Gasteiger charge is -2.21. The van der Waals surface area contributed by atoms with Gasteiger partial charge >= 0.3 is 39.5 Å². The maximum absolute atomic E-state index is 13.2. The van der Waals surface area contributed by atoms with E-state index in [0.717, 1.165) is 102 Å². The van der Waals surface area contributed by atoms with Gasteiger partial charge < -0.3 is 33.8 Å². The number of esters is 4. The number of hydrogen-bond acceptors (Lipinski definition) is 15. The van der Waals surface area contributed by atoms with Crippen LogP contribution < -0.4 is 0 Å². The first-order valence-electron chi connectivity index (χ1n) is 45.2. The Labute approximate surface area is 651 Å². The first-order valence-corrected chi connectivity index (χ1v) is 48.2. The van der Waals surface area contributed by atoms with Gasteiger partial charge in [0.1, 0.15) is 19.3 Å². The van der Waals surface area contributed by atoms with Gasteiger partial charge in [0.05, 0.1) is 26.4 Å². The van der Waals surface area contributed by atoms with Crippen molar-refractivity contribution in [2.45, 2.75) is 490 Å². The van der Waals surface area contributed by atoms with Gasteiger partial charge in [-0.2, -0.15) is 0 Å². The predicted octanol–water partition coefficient (Wildman–Crippen LogP) is 26.8. The van der Waals surface area contributed by atoms with Gasteiger partial charge in [0, 0.05) is 25.7 Å². The topological polar surface area (TPSA) is 237 Å². The van der Waals surface area contributed by atoms with Crippen molar-refractivity contribution in [3.8, 4) is 0 Å². The van der Waals surface area contributed by atoms with Gasteiger partial charge in [-0.25, -0.2) is 9.13 Å². The Hall–Kier alpha value is -1.94. The summed E-state index contributed by atoms with van der Waals surface area (Å²) < 4.78 is 68.9. The van der Waals surface area contributed by atoms with Crippen molar-refractivity contribution in [3.05, 3.63) is 0 Å². The number of phosphoric acid groups is 2. The molecule has 3 N–H and O–H groups in total. The van der Waals surface area contributed by atoms with Gasteiger partial charge in [0.2, 0.25) is 0 Å². The highest BCUT2D eigenvalue weighted by molar-refractivity contribution is 7.47. The SMILES string of the molecule is CCCCCCCCCCCCCCCCCCCCCCCC(=O)O[C@H](COC(=O)CCCCCCCCCCCCCCCCCCCCC)COP(=O)(O)OC[C@@H](O)COP(=O)(O)OC[C@@H](COC(=O)CCCCCCCCC(C)CC)OC(=O)CCCCCCCCCCCCCCCCCC. The Morgan fingerprint density at radius 1 is 0.264 bits per heavy atom. The molecule has 0 radical (unpaired) electrons. The molecule has 0 aliphatic rings. The van der Waals surface area contributed by atoms with Crippen LogP contribution in [0, 0.1) is 5.92 Å². The minimum atomic E-state index is -4.97. The second-order valence-corrected chi connectivity index (χ2v) is 34.4. The number of aliphatic hydroxyl groups excluding tert-OH is 1. The Balaban J connectivity index is 5.22. The zero-order chi connectivity index (χ0) is 77.6. The fourth-order valence-corrected chi connectivity index (χ4v) is 15.2. The van der Waals surface area contributed by atoms with Crippen molar-refractivity contribution in [2.75, 3.05) is 39.6 Å². The molecule has 17 nitrogen and oxygen atoms in total.